The minimum atomic E-state index is -0.375. The molecule has 0 bridgehead atoms. The molecule has 0 radical (unpaired) electrons. The van der Waals surface area contributed by atoms with Crippen molar-refractivity contribution in [3.8, 4) is 11.5 Å². The molecule has 7 heteroatoms. The van der Waals surface area contributed by atoms with E-state index >= 15 is 0 Å². The van der Waals surface area contributed by atoms with E-state index in [0.717, 1.165) is 40.1 Å². The fourth-order valence-electron chi connectivity index (χ4n) is 3.86. The second-order valence-electron chi connectivity index (χ2n) is 6.87. The van der Waals surface area contributed by atoms with Crippen molar-refractivity contribution in [1.29, 1.82) is 0 Å². The van der Waals surface area contributed by atoms with Crippen LogP contribution in [0.2, 0.25) is 0 Å². The summed E-state index contributed by atoms with van der Waals surface area (Å²) in [5.41, 5.74) is 10.0. The van der Waals surface area contributed by atoms with Crippen molar-refractivity contribution in [3.05, 3.63) is 47.5 Å². The number of rotatable bonds is 3. The highest BCUT2D eigenvalue weighted by molar-refractivity contribution is 5.94. The van der Waals surface area contributed by atoms with Gasteiger partial charge in [0, 0.05) is 17.5 Å². The number of guanidine groups is 1. The number of fused-ring (bicyclic) bond motifs is 4. The number of aliphatic imine (C=N–C) groups is 1. The van der Waals surface area contributed by atoms with Gasteiger partial charge in [-0.1, -0.05) is 12.1 Å². The highest BCUT2D eigenvalue weighted by atomic mass is 16.5. The zero-order chi connectivity index (χ0) is 18.5. The van der Waals surface area contributed by atoms with E-state index in [9.17, 15) is 0 Å². The SMILES string of the molecule is CCOc1cc2c(cc1[C@H]1N=C(N)Nc3nc4ccccc4n31)O[C@H](C)C2. The third-order valence-corrected chi connectivity index (χ3v) is 4.95. The Morgan fingerprint density at radius 3 is 3.04 bits per heavy atom. The Bertz CT molecular complexity index is 1070. The third kappa shape index (κ3) is 2.50. The van der Waals surface area contributed by atoms with Gasteiger partial charge >= 0.3 is 0 Å². The Hall–Kier alpha value is -3.22. The lowest BCUT2D eigenvalue weighted by molar-refractivity contribution is 0.254. The number of hydrogen-bond donors (Lipinski definition) is 2. The number of imidazole rings is 1. The van der Waals surface area contributed by atoms with Gasteiger partial charge in [0.25, 0.3) is 0 Å². The molecule has 0 spiro atoms. The molecule has 3 heterocycles. The molecule has 0 unspecified atom stereocenters. The van der Waals surface area contributed by atoms with Crippen LogP contribution in [0.15, 0.2) is 41.4 Å². The van der Waals surface area contributed by atoms with E-state index in [4.69, 9.17) is 15.2 Å². The number of nitrogens with two attached hydrogens (primary N) is 1. The van der Waals surface area contributed by atoms with Crippen molar-refractivity contribution >= 4 is 22.9 Å². The van der Waals surface area contributed by atoms with Crippen LogP contribution in [0.25, 0.3) is 11.0 Å². The minimum Gasteiger partial charge on any atom is -0.493 e. The summed E-state index contributed by atoms with van der Waals surface area (Å²) in [6, 6.07) is 12.1. The summed E-state index contributed by atoms with van der Waals surface area (Å²) in [7, 11) is 0. The van der Waals surface area contributed by atoms with Gasteiger partial charge in [0.1, 0.15) is 17.6 Å². The predicted octanol–water partition coefficient (Wildman–Crippen LogP) is 3.05. The van der Waals surface area contributed by atoms with Crippen molar-refractivity contribution in [2.45, 2.75) is 32.5 Å². The quantitative estimate of drug-likeness (QED) is 0.747. The van der Waals surface area contributed by atoms with Crippen molar-refractivity contribution in [1.82, 2.24) is 9.55 Å². The molecule has 2 aromatic carbocycles. The molecule has 7 nitrogen and oxygen atoms in total. The van der Waals surface area contributed by atoms with Crippen molar-refractivity contribution < 1.29 is 9.47 Å². The van der Waals surface area contributed by atoms with Crippen LogP contribution in [-0.2, 0) is 6.42 Å². The van der Waals surface area contributed by atoms with Gasteiger partial charge in [0.2, 0.25) is 5.95 Å². The molecular weight excluding hydrogens is 342 g/mol. The fourth-order valence-corrected chi connectivity index (χ4v) is 3.86. The Morgan fingerprint density at radius 2 is 2.19 bits per heavy atom. The largest absolute Gasteiger partial charge is 0.493 e. The number of aromatic nitrogens is 2. The van der Waals surface area contributed by atoms with Crippen LogP contribution in [0.5, 0.6) is 11.5 Å². The molecule has 5 rings (SSSR count). The molecule has 0 saturated carbocycles. The van der Waals surface area contributed by atoms with Gasteiger partial charge in [-0.3, -0.25) is 9.88 Å². The molecule has 3 N–H and O–H groups in total. The van der Waals surface area contributed by atoms with Crippen LogP contribution in [-0.4, -0.2) is 28.2 Å². The summed E-state index contributed by atoms with van der Waals surface area (Å²) < 4.78 is 14.0. The standard InChI is InChI=1S/C20H21N5O2/c1-3-26-17-9-12-8-11(2)27-16(12)10-13(17)18-23-19(21)24-20-22-14-6-4-5-7-15(14)25(18)20/h4-7,9-11,18H,3,8H2,1-2H3,(H3,21,22,23,24)/t11-,18+/m1/s1. The molecule has 2 aliphatic rings. The first-order valence-corrected chi connectivity index (χ1v) is 9.17. The molecule has 0 amide bonds. The maximum absolute atomic E-state index is 6.07. The number of ether oxygens (including phenoxy) is 2. The van der Waals surface area contributed by atoms with Crippen molar-refractivity contribution in [3.63, 3.8) is 0 Å². The molecule has 0 saturated heterocycles. The van der Waals surface area contributed by atoms with Crippen LogP contribution in [0.3, 0.4) is 0 Å². The van der Waals surface area contributed by atoms with E-state index in [-0.39, 0.29) is 12.3 Å². The first-order valence-electron chi connectivity index (χ1n) is 9.17. The fraction of sp³-hybridized carbons (Fsp3) is 0.300. The average Bonchev–Trinajstić information content (AvgIpc) is 3.19. The molecule has 3 aromatic rings. The summed E-state index contributed by atoms with van der Waals surface area (Å²) in [5.74, 6) is 2.70. The number of benzene rings is 2. The van der Waals surface area contributed by atoms with E-state index in [2.05, 4.69) is 28.3 Å². The lowest BCUT2D eigenvalue weighted by Gasteiger charge is -2.25. The predicted molar refractivity (Wildman–Crippen MR) is 105 cm³/mol. The number of hydrogen-bond acceptors (Lipinski definition) is 6. The van der Waals surface area contributed by atoms with Crippen LogP contribution >= 0.6 is 0 Å². The van der Waals surface area contributed by atoms with Crippen LogP contribution in [0.4, 0.5) is 5.95 Å². The summed E-state index contributed by atoms with van der Waals surface area (Å²) in [4.78, 5) is 9.33. The second kappa shape index (κ2) is 5.90. The van der Waals surface area contributed by atoms with Gasteiger partial charge in [-0.15, -0.1) is 0 Å². The number of nitrogens with zero attached hydrogens (tertiary/aromatic N) is 3. The first-order chi connectivity index (χ1) is 13.1. The van der Waals surface area contributed by atoms with E-state index in [1.54, 1.807) is 0 Å². The first kappa shape index (κ1) is 16.0. The Labute approximate surface area is 156 Å². The van der Waals surface area contributed by atoms with Gasteiger partial charge < -0.3 is 15.2 Å². The number of anilines is 1. The van der Waals surface area contributed by atoms with E-state index in [1.807, 2.05) is 41.8 Å². The molecule has 27 heavy (non-hydrogen) atoms. The third-order valence-electron chi connectivity index (χ3n) is 4.95. The molecule has 0 fully saturated rings. The van der Waals surface area contributed by atoms with Crippen LogP contribution in [0.1, 0.15) is 31.1 Å². The van der Waals surface area contributed by atoms with E-state index in [0.29, 0.717) is 18.5 Å². The van der Waals surface area contributed by atoms with Crippen molar-refractivity contribution in [2.24, 2.45) is 10.7 Å². The normalized spacial score (nSPS) is 20.4. The summed E-state index contributed by atoms with van der Waals surface area (Å²) in [6.45, 7) is 4.63. The van der Waals surface area contributed by atoms with Gasteiger partial charge in [-0.05, 0) is 38.1 Å². The molecule has 0 aliphatic carbocycles. The number of para-hydroxylation sites is 2. The average molecular weight is 363 g/mol. The van der Waals surface area contributed by atoms with Crippen molar-refractivity contribution in [2.75, 3.05) is 11.9 Å². The Balaban J connectivity index is 1.73. The molecular formula is C20H21N5O2. The molecule has 2 aliphatic heterocycles. The zero-order valence-corrected chi connectivity index (χ0v) is 15.3. The summed E-state index contributed by atoms with van der Waals surface area (Å²) in [6.07, 6.45) is 0.669. The molecule has 138 valence electrons. The van der Waals surface area contributed by atoms with Crippen LogP contribution < -0.4 is 20.5 Å². The Kier molecular flexibility index (Phi) is 3.50. The topological polar surface area (TPSA) is 86.7 Å². The zero-order valence-electron chi connectivity index (χ0n) is 15.3. The monoisotopic (exact) mass is 363 g/mol. The van der Waals surface area contributed by atoms with Gasteiger partial charge in [0.15, 0.2) is 12.1 Å². The minimum absolute atomic E-state index is 0.163. The molecule has 2 atom stereocenters. The second-order valence-corrected chi connectivity index (χ2v) is 6.87. The van der Waals surface area contributed by atoms with Gasteiger partial charge in [-0.25, -0.2) is 9.98 Å². The lowest BCUT2D eigenvalue weighted by Crippen LogP contribution is -2.31. The maximum atomic E-state index is 6.07. The Morgan fingerprint density at radius 1 is 1.33 bits per heavy atom. The highest BCUT2D eigenvalue weighted by Gasteiger charge is 2.30. The van der Waals surface area contributed by atoms with E-state index in [1.165, 1.54) is 0 Å². The summed E-state index contributed by atoms with van der Waals surface area (Å²) in [5, 5.41) is 3.07. The summed E-state index contributed by atoms with van der Waals surface area (Å²) >= 11 is 0. The van der Waals surface area contributed by atoms with Crippen LogP contribution in [0, 0.1) is 0 Å². The van der Waals surface area contributed by atoms with E-state index < -0.39 is 0 Å². The number of nitrogens with one attached hydrogen (secondary N) is 1. The molecule has 1 aromatic heterocycles. The highest BCUT2D eigenvalue weighted by Crippen LogP contribution is 2.41. The smallest absolute Gasteiger partial charge is 0.212 e. The van der Waals surface area contributed by atoms with Gasteiger partial charge in [0.05, 0.1) is 17.6 Å². The maximum Gasteiger partial charge on any atom is 0.212 e. The van der Waals surface area contributed by atoms with Gasteiger partial charge in [-0.2, -0.15) is 0 Å². The lowest BCUT2D eigenvalue weighted by atomic mass is 10.0.